The number of anilines is 4. The van der Waals surface area contributed by atoms with E-state index in [2.05, 4.69) is 0 Å². The van der Waals surface area contributed by atoms with Gasteiger partial charge in [0, 0.05) is 22.5 Å². The summed E-state index contributed by atoms with van der Waals surface area (Å²) in [4.78, 5) is 0. The van der Waals surface area contributed by atoms with E-state index in [1.54, 1.807) is 0 Å². The molecule has 0 amide bonds. The van der Waals surface area contributed by atoms with Crippen molar-refractivity contribution < 1.29 is 39.5 Å². The lowest BCUT2D eigenvalue weighted by atomic mass is 9.92. The SMILES string of the molecule is Nc1ccc(C(F)(F)C(F)(F)C(F)(F)c2ccc(N)cc2)cc1.Nc1cccc(C(F)(F)F)c1N. The van der Waals surface area contributed by atoms with Crippen LogP contribution in [0.2, 0.25) is 0 Å². The highest BCUT2D eigenvalue weighted by atomic mass is 19.4. The molecule has 0 aliphatic rings. The molecule has 0 saturated heterocycles. The zero-order valence-electron chi connectivity index (χ0n) is 17.6. The largest absolute Gasteiger partial charge is 0.418 e. The Hall–Kier alpha value is -3.77. The summed E-state index contributed by atoms with van der Waals surface area (Å²) in [5.41, 5.74) is 17.1. The van der Waals surface area contributed by atoms with Crippen molar-refractivity contribution in [3.05, 3.63) is 83.4 Å². The molecule has 190 valence electrons. The van der Waals surface area contributed by atoms with Crippen LogP contribution in [0.15, 0.2) is 66.7 Å². The number of hydrogen-bond acceptors (Lipinski definition) is 4. The van der Waals surface area contributed by atoms with Crippen LogP contribution in [0.1, 0.15) is 16.7 Å². The normalized spacial score (nSPS) is 12.6. The molecule has 8 N–H and O–H groups in total. The van der Waals surface area contributed by atoms with Gasteiger partial charge in [0.25, 0.3) is 0 Å². The van der Waals surface area contributed by atoms with Gasteiger partial charge in [0.15, 0.2) is 0 Å². The highest BCUT2D eigenvalue weighted by molar-refractivity contribution is 5.67. The molecule has 0 bridgehead atoms. The second-order valence-electron chi connectivity index (χ2n) is 7.27. The summed E-state index contributed by atoms with van der Waals surface area (Å²) < 4.78 is 120. The van der Waals surface area contributed by atoms with Crippen molar-refractivity contribution in [2.45, 2.75) is 23.9 Å². The smallest absolute Gasteiger partial charge is 0.399 e. The van der Waals surface area contributed by atoms with Crippen molar-refractivity contribution >= 4 is 22.7 Å². The third-order valence-electron chi connectivity index (χ3n) is 4.78. The molecule has 0 spiro atoms. The molecule has 0 radical (unpaired) electrons. The van der Waals surface area contributed by atoms with E-state index in [4.69, 9.17) is 22.9 Å². The summed E-state index contributed by atoms with van der Waals surface area (Å²) >= 11 is 0. The third kappa shape index (κ3) is 5.49. The Morgan fingerprint density at radius 2 is 0.857 bits per heavy atom. The maximum atomic E-state index is 14.0. The highest BCUT2D eigenvalue weighted by Gasteiger charge is 2.72. The number of rotatable bonds is 4. The predicted molar refractivity (Wildman–Crippen MR) is 115 cm³/mol. The minimum absolute atomic E-state index is 0.0400. The van der Waals surface area contributed by atoms with Gasteiger partial charge in [-0.1, -0.05) is 30.3 Å². The summed E-state index contributed by atoms with van der Waals surface area (Å²) in [5.74, 6) is -15.9. The van der Waals surface area contributed by atoms with Crippen LogP contribution in [0.25, 0.3) is 0 Å². The van der Waals surface area contributed by atoms with Gasteiger partial charge >= 0.3 is 23.9 Å². The summed E-state index contributed by atoms with van der Waals surface area (Å²) in [5, 5.41) is 0. The molecule has 0 heterocycles. The second-order valence-corrected chi connectivity index (χ2v) is 7.27. The first-order chi connectivity index (χ1) is 15.9. The summed E-state index contributed by atoms with van der Waals surface area (Å²) in [6.07, 6.45) is -4.43. The zero-order valence-corrected chi connectivity index (χ0v) is 17.6. The van der Waals surface area contributed by atoms with Crippen LogP contribution in [-0.2, 0) is 18.0 Å². The monoisotopic (exact) mass is 510 g/mol. The van der Waals surface area contributed by atoms with Crippen LogP contribution < -0.4 is 22.9 Å². The third-order valence-corrected chi connectivity index (χ3v) is 4.78. The lowest BCUT2D eigenvalue weighted by Gasteiger charge is -2.33. The molecule has 0 saturated carbocycles. The van der Waals surface area contributed by atoms with Crippen LogP contribution >= 0.6 is 0 Å². The Labute approximate surface area is 193 Å². The van der Waals surface area contributed by atoms with Crippen molar-refractivity contribution in [1.82, 2.24) is 0 Å². The van der Waals surface area contributed by atoms with Crippen molar-refractivity contribution in [1.29, 1.82) is 0 Å². The minimum Gasteiger partial charge on any atom is -0.399 e. The van der Waals surface area contributed by atoms with Gasteiger partial charge in [0.1, 0.15) is 0 Å². The fourth-order valence-corrected chi connectivity index (χ4v) is 2.77. The fourth-order valence-electron chi connectivity index (χ4n) is 2.77. The second kappa shape index (κ2) is 9.47. The molecule has 4 nitrogen and oxygen atoms in total. The Morgan fingerprint density at radius 3 is 1.17 bits per heavy atom. The molecule has 0 aliphatic carbocycles. The maximum Gasteiger partial charge on any atom is 0.418 e. The van der Waals surface area contributed by atoms with E-state index in [9.17, 15) is 39.5 Å². The average molecular weight is 510 g/mol. The number of nitrogens with two attached hydrogens (primary N) is 4. The van der Waals surface area contributed by atoms with Crippen LogP contribution in [-0.4, -0.2) is 5.92 Å². The van der Waals surface area contributed by atoms with Crippen LogP contribution in [0.3, 0.4) is 0 Å². The van der Waals surface area contributed by atoms with Crippen LogP contribution in [0, 0.1) is 0 Å². The van der Waals surface area contributed by atoms with Gasteiger partial charge in [-0.25, -0.2) is 0 Å². The van der Waals surface area contributed by atoms with E-state index in [0.717, 1.165) is 30.3 Å². The Balaban J connectivity index is 0.000000303. The Morgan fingerprint density at radius 1 is 0.486 bits per heavy atom. The van der Waals surface area contributed by atoms with Crippen LogP contribution in [0.5, 0.6) is 0 Å². The number of hydrogen-bond donors (Lipinski definition) is 4. The number of halogens is 9. The molecule has 0 aliphatic heterocycles. The molecule has 13 heteroatoms. The van der Waals surface area contributed by atoms with E-state index in [-0.39, 0.29) is 17.1 Å². The maximum absolute atomic E-state index is 14.0. The molecular weight excluding hydrogens is 491 g/mol. The number of para-hydroxylation sites is 1. The summed E-state index contributed by atoms with van der Waals surface area (Å²) in [6.45, 7) is 0. The van der Waals surface area contributed by atoms with E-state index >= 15 is 0 Å². The number of nitrogen functional groups attached to an aromatic ring is 4. The standard InChI is InChI=1S/C15H12F6N2.C7H7F3N2/c16-13(17,9-1-5-11(22)6-2-9)15(20,21)14(18,19)10-3-7-12(23)8-4-10;8-7(9,10)4-2-1-3-5(11)6(4)12/h1-8H,22-23H2;1-3H,11-12H2. The molecule has 0 fully saturated rings. The first-order valence-corrected chi connectivity index (χ1v) is 9.49. The van der Waals surface area contributed by atoms with Gasteiger partial charge in [-0.3, -0.25) is 0 Å². The van der Waals surface area contributed by atoms with Gasteiger partial charge < -0.3 is 22.9 Å². The Kier molecular flexibility index (Phi) is 7.43. The fraction of sp³-hybridized carbons (Fsp3) is 0.182. The van der Waals surface area contributed by atoms with Gasteiger partial charge in [-0.2, -0.15) is 39.5 Å². The molecule has 0 atom stereocenters. The molecule has 3 aromatic carbocycles. The molecule has 0 unspecified atom stereocenters. The van der Waals surface area contributed by atoms with Crippen molar-refractivity contribution in [2.75, 3.05) is 22.9 Å². The van der Waals surface area contributed by atoms with Crippen molar-refractivity contribution in [2.24, 2.45) is 0 Å². The average Bonchev–Trinajstić information content (AvgIpc) is 2.75. The molecule has 0 aromatic heterocycles. The number of benzene rings is 3. The zero-order chi connectivity index (χ0) is 26.8. The van der Waals surface area contributed by atoms with E-state index < -0.39 is 46.3 Å². The summed E-state index contributed by atoms with van der Waals surface area (Å²) in [7, 11) is 0. The van der Waals surface area contributed by atoms with Gasteiger partial charge in [0.05, 0.1) is 16.9 Å². The quantitative estimate of drug-likeness (QED) is 0.246. The lowest BCUT2D eigenvalue weighted by molar-refractivity contribution is -0.321. The van der Waals surface area contributed by atoms with E-state index in [0.29, 0.717) is 24.3 Å². The van der Waals surface area contributed by atoms with E-state index in [1.807, 2.05) is 0 Å². The van der Waals surface area contributed by atoms with E-state index in [1.165, 1.54) is 12.1 Å². The predicted octanol–water partition coefficient (Wildman–Crippen LogP) is 6.24. The Bertz CT molecular complexity index is 1080. The minimum atomic E-state index is -5.66. The first-order valence-electron chi connectivity index (χ1n) is 9.49. The highest BCUT2D eigenvalue weighted by Crippen LogP contribution is 2.55. The molecule has 35 heavy (non-hydrogen) atoms. The lowest BCUT2D eigenvalue weighted by Crippen LogP contribution is -2.50. The van der Waals surface area contributed by atoms with Gasteiger partial charge in [-0.05, 0) is 36.4 Å². The first kappa shape index (κ1) is 27.5. The molecular formula is C22H19F9N4. The van der Waals surface area contributed by atoms with Crippen molar-refractivity contribution in [3.8, 4) is 0 Å². The van der Waals surface area contributed by atoms with Crippen LogP contribution in [0.4, 0.5) is 62.3 Å². The topological polar surface area (TPSA) is 104 Å². The van der Waals surface area contributed by atoms with Gasteiger partial charge in [-0.15, -0.1) is 0 Å². The van der Waals surface area contributed by atoms with Gasteiger partial charge in [0.2, 0.25) is 0 Å². The van der Waals surface area contributed by atoms with Crippen molar-refractivity contribution in [3.63, 3.8) is 0 Å². The molecule has 3 rings (SSSR count). The molecule has 3 aromatic rings. The summed E-state index contributed by atoms with van der Waals surface area (Å²) in [6, 6.07) is 9.50. The number of alkyl halides is 9.